The summed E-state index contributed by atoms with van der Waals surface area (Å²) in [5.41, 5.74) is 2.02. The third kappa shape index (κ3) is 4.76. The maximum Gasteiger partial charge on any atom is 0.306 e. The number of esters is 1. The molecule has 0 spiro atoms. The van der Waals surface area contributed by atoms with Crippen LogP contribution in [0.25, 0.3) is 0 Å². The van der Waals surface area contributed by atoms with E-state index in [0.717, 1.165) is 24.0 Å². The Labute approximate surface area is 118 Å². The molecule has 0 aliphatic carbocycles. The first-order valence-corrected chi connectivity index (χ1v) is 6.71. The molecule has 0 aliphatic heterocycles. The van der Waals surface area contributed by atoms with Crippen LogP contribution in [0.15, 0.2) is 54.6 Å². The van der Waals surface area contributed by atoms with Crippen molar-refractivity contribution in [1.82, 2.24) is 0 Å². The summed E-state index contributed by atoms with van der Waals surface area (Å²) < 4.78 is 5.20. The van der Waals surface area contributed by atoms with Crippen molar-refractivity contribution in [2.24, 2.45) is 0 Å². The zero-order valence-corrected chi connectivity index (χ0v) is 11.3. The fourth-order valence-electron chi connectivity index (χ4n) is 1.96. The van der Waals surface area contributed by atoms with Gasteiger partial charge in [0, 0.05) is 6.42 Å². The van der Waals surface area contributed by atoms with Gasteiger partial charge in [0.25, 0.3) is 0 Å². The van der Waals surface area contributed by atoms with Crippen molar-refractivity contribution in [2.75, 3.05) is 0 Å². The molecule has 2 rings (SSSR count). The summed E-state index contributed by atoms with van der Waals surface area (Å²) >= 11 is 0. The highest BCUT2D eigenvalue weighted by Gasteiger charge is 2.04. The van der Waals surface area contributed by atoms with Crippen LogP contribution in [0.4, 0.5) is 0 Å². The molecule has 3 heteroatoms. The number of benzene rings is 2. The number of hydrogen-bond acceptors (Lipinski definition) is 3. The van der Waals surface area contributed by atoms with Crippen molar-refractivity contribution in [1.29, 1.82) is 0 Å². The molecule has 0 atom stereocenters. The van der Waals surface area contributed by atoms with Crippen LogP contribution in [0.1, 0.15) is 24.0 Å². The van der Waals surface area contributed by atoms with Gasteiger partial charge in [-0.2, -0.15) is 0 Å². The van der Waals surface area contributed by atoms with E-state index >= 15 is 0 Å². The van der Waals surface area contributed by atoms with E-state index in [1.165, 1.54) is 0 Å². The lowest BCUT2D eigenvalue weighted by molar-refractivity contribution is -0.145. The smallest absolute Gasteiger partial charge is 0.306 e. The summed E-state index contributed by atoms with van der Waals surface area (Å²) in [5, 5.41) is 9.34. The molecule has 0 aromatic heterocycles. The maximum absolute atomic E-state index is 11.6. The molecule has 0 radical (unpaired) electrons. The normalized spacial score (nSPS) is 10.2. The van der Waals surface area contributed by atoms with Crippen molar-refractivity contribution in [3.8, 4) is 5.75 Å². The van der Waals surface area contributed by atoms with Gasteiger partial charge in [-0.1, -0.05) is 42.5 Å². The number of phenols is 1. The minimum absolute atomic E-state index is 0.186. The number of carbonyl (C=O) groups excluding carboxylic acids is 1. The zero-order chi connectivity index (χ0) is 14.2. The number of carbonyl (C=O) groups is 1. The fraction of sp³-hybridized carbons (Fsp3) is 0.235. The van der Waals surface area contributed by atoms with Crippen LogP contribution in [0.3, 0.4) is 0 Å². The standard InChI is InChI=1S/C17H18O3/c18-16-10-4-8-14(12-16)9-5-11-17(19)20-13-15-6-2-1-3-7-15/h1-4,6-8,10,12,18H,5,9,11,13H2. The van der Waals surface area contributed by atoms with Gasteiger partial charge in [0.05, 0.1) is 0 Å². The van der Waals surface area contributed by atoms with Gasteiger partial charge < -0.3 is 9.84 Å². The average Bonchev–Trinajstić information content (AvgIpc) is 2.46. The van der Waals surface area contributed by atoms with Crippen LogP contribution < -0.4 is 0 Å². The molecule has 2 aromatic carbocycles. The zero-order valence-electron chi connectivity index (χ0n) is 11.3. The van der Waals surface area contributed by atoms with Gasteiger partial charge in [-0.25, -0.2) is 0 Å². The molecular weight excluding hydrogens is 252 g/mol. The quantitative estimate of drug-likeness (QED) is 0.818. The van der Waals surface area contributed by atoms with Gasteiger partial charge in [0.2, 0.25) is 0 Å². The van der Waals surface area contributed by atoms with Crippen LogP contribution >= 0.6 is 0 Å². The topological polar surface area (TPSA) is 46.5 Å². The minimum atomic E-state index is -0.186. The van der Waals surface area contributed by atoms with Gasteiger partial charge in [-0.3, -0.25) is 4.79 Å². The summed E-state index contributed by atoms with van der Waals surface area (Å²) in [7, 11) is 0. The summed E-state index contributed by atoms with van der Waals surface area (Å²) in [6, 6.07) is 16.7. The fourth-order valence-corrected chi connectivity index (χ4v) is 1.96. The molecular formula is C17H18O3. The van der Waals surface area contributed by atoms with E-state index in [-0.39, 0.29) is 11.7 Å². The molecule has 0 saturated carbocycles. The Hall–Kier alpha value is -2.29. The minimum Gasteiger partial charge on any atom is -0.508 e. The number of phenolic OH excluding ortho intramolecular Hbond substituents is 1. The van der Waals surface area contributed by atoms with Crippen LogP contribution in [-0.4, -0.2) is 11.1 Å². The third-order valence-corrected chi connectivity index (χ3v) is 3.00. The first-order chi connectivity index (χ1) is 9.74. The summed E-state index contributed by atoms with van der Waals surface area (Å²) in [4.78, 5) is 11.6. The molecule has 2 aromatic rings. The number of aromatic hydroxyl groups is 1. The van der Waals surface area contributed by atoms with Gasteiger partial charge in [-0.05, 0) is 36.1 Å². The van der Waals surface area contributed by atoms with Gasteiger partial charge in [0.15, 0.2) is 0 Å². The highest BCUT2D eigenvalue weighted by Crippen LogP contribution is 2.13. The molecule has 0 heterocycles. The van der Waals surface area contributed by atoms with E-state index in [9.17, 15) is 9.90 Å². The van der Waals surface area contributed by atoms with Crippen LogP contribution in [-0.2, 0) is 22.6 Å². The van der Waals surface area contributed by atoms with Crippen molar-refractivity contribution in [2.45, 2.75) is 25.9 Å². The van der Waals surface area contributed by atoms with Crippen LogP contribution in [0, 0.1) is 0 Å². The Balaban J connectivity index is 1.68. The molecule has 3 nitrogen and oxygen atoms in total. The van der Waals surface area contributed by atoms with Gasteiger partial charge >= 0.3 is 5.97 Å². The second-order valence-electron chi connectivity index (χ2n) is 4.67. The number of hydrogen-bond donors (Lipinski definition) is 1. The van der Waals surface area contributed by atoms with E-state index in [2.05, 4.69) is 0 Å². The van der Waals surface area contributed by atoms with Crippen LogP contribution in [0.2, 0.25) is 0 Å². The van der Waals surface area contributed by atoms with Crippen molar-refractivity contribution >= 4 is 5.97 Å². The largest absolute Gasteiger partial charge is 0.508 e. The second-order valence-corrected chi connectivity index (χ2v) is 4.67. The number of rotatable bonds is 6. The third-order valence-electron chi connectivity index (χ3n) is 3.00. The Kier molecular flexibility index (Phi) is 5.18. The van der Waals surface area contributed by atoms with Crippen molar-refractivity contribution in [3.05, 3.63) is 65.7 Å². The van der Waals surface area contributed by atoms with E-state index in [1.807, 2.05) is 36.4 Å². The molecule has 0 aliphatic rings. The molecule has 0 fully saturated rings. The SMILES string of the molecule is O=C(CCCc1cccc(O)c1)OCc1ccccc1. The predicted molar refractivity (Wildman–Crippen MR) is 77.3 cm³/mol. The Bertz CT molecular complexity index is 549. The number of aryl methyl sites for hydroxylation is 1. The summed E-state index contributed by atoms with van der Waals surface area (Å²) in [6.07, 6.45) is 1.87. The highest BCUT2D eigenvalue weighted by molar-refractivity contribution is 5.69. The van der Waals surface area contributed by atoms with E-state index in [0.29, 0.717) is 13.0 Å². The molecule has 1 N–H and O–H groups in total. The Morgan fingerprint density at radius 3 is 2.50 bits per heavy atom. The Morgan fingerprint density at radius 1 is 1.00 bits per heavy atom. The van der Waals surface area contributed by atoms with Gasteiger partial charge in [0.1, 0.15) is 12.4 Å². The molecule has 0 bridgehead atoms. The number of ether oxygens (including phenoxy) is 1. The molecule has 0 amide bonds. The lowest BCUT2D eigenvalue weighted by Crippen LogP contribution is -2.04. The predicted octanol–water partition coefficient (Wildman–Crippen LogP) is 3.46. The monoisotopic (exact) mass is 270 g/mol. The average molecular weight is 270 g/mol. The molecule has 104 valence electrons. The van der Waals surface area contributed by atoms with E-state index < -0.39 is 0 Å². The maximum atomic E-state index is 11.6. The van der Waals surface area contributed by atoms with Crippen molar-refractivity contribution in [3.63, 3.8) is 0 Å². The Morgan fingerprint density at radius 2 is 1.75 bits per heavy atom. The highest BCUT2D eigenvalue weighted by atomic mass is 16.5. The second kappa shape index (κ2) is 7.34. The summed E-state index contributed by atoms with van der Waals surface area (Å²) in [6.45, 7) is 0.325. The van der Waals surface area contributed by atoms with E-state index in [1.54, 1.807) is 18.2 Å². The summed E-state index contributed by atoms with van der Waals surface area (Å²) in [5.74, 6) is 0.0724. The van der Waals surface area contributed by atoms with Crippen LogP contribution in [0.5, 0.6) is 5.75 Å². The lowest BCUT2D eigenvalue weighted by atomic mass is 10.1. The molecule has 0 unspecified atom stereocenters. The lowest BCUT2D eigenvalue weighted by Gasteiger charge is -2.05. The van der Waals surface area contributed by atoms with E-state index in [4.69, 9.17) is 4.74 Å². The first kappa shape index (κ1) is 14.1. The molecule has 20 heavy (non-hydrogen) atoms. The van der Waals surface area contributed by atoms with Gasteiger partial charge in [-0.15, -0.1) is 0 Å². The first-order valence-electron chi connectivity index (χ1n) is 6.71. The van der Waals surface area contributed by atoms with Crippen molar-refractivity contribution < 1.29 is 14.6 Å². The molecule has 0 saturated heterocycles.